The Labute approximate surface area is 155 Å². The molecule has 132 valence electrons. The van der Waals surface area contributed by atoms with Crippen LogP contribution in [0.2, 0.25) is 0 Å². The van der Waals surface area contributed by atoms with Crippen LogP contribution in [0, 0.1) is 11.3 Å². The van der Waals surface area contributed by atoms with E-state index in [4.69, 9.17) is 17.0 Å². The fourth-order valence-electron chi connectivity index (χ4n) is 2.60. The van der Waals surface area contributed by atoms with Crippen LogP contribution in [-0.2, 0) is 0 Å². The highest BCUT2D eigenvalue weighted by Gasteiger charge is 2.18. The molecule has 0 amide bonds. The number of amidine groups is 2. The van der Waals surface area contributed by atoms with Crippen LogP contribution in [0.1, 0.15) is 32.8 Å². The normalized spacial score (nSPS) is 14.0. The topological polar surface area (TPSA) is 39.5 Å². The molecule has 0 saturated heterocycles. The smallest absolute Gasteiger partial charge is 0.200 e. The largest absolute Gasteiger partial charge is 0.347 e. The van der Waals surface area contributed by atoms with Crippen LogP contribution in [0.4, 0.5) is 0 Å². The second-order valence-electron chi connectivity index (χ2n) is 6.41. The number of hydrogen-bond acceptors (Lipinski definition) is 1. The van der Waals surface area contributed by atoms with E-state index in [1.807, 2.05) is 54.4 Å². The van der Waals surface area contributed by atoms with Crippen molar-refractivity contribution in [2.24, 2.45) is 10.9 Å². The highest BCUT2D eigenvalue weighted by molar-refractivity contribution is 6.65. The number of aliphatic imine (C=N–C) groups is 1. The first-order valence-electron chi connectivity index (χ1n) is 8.65. The minimum atomic E-state index is 0.172. The lowest BCUT2D eigenvalue weighted by molar-refractivity contribution is 0.291. The van der Waals surface area contributed by atoms with Gasteiger partial charge in [0.05, 0.1) is 0 Å². The molecule has 0 spiro atoms. The summed E-state index contributed by atoms with van der Waals surface area (Å²) in [5, 5.41) is 8.66. The molecule has 4 heteroatoms. The maximum atomic E-state index is 8.31. The molecule has 3 nitrogen and oxygen atoms in total. The lowest BCUT2D eigenvalue weighted by Gasteiger charge is -2.29. The lowest BCUT2D eigenvalue weighted by atomic mass is 10.0. The fraction of sp³-hybridized carbons (Fsp3) is 0.333. The molecule has 2 aromatic rings. The first kappa shape index (κ1) is 19.2. The summed E-state index contributed by atoms with van der Waals surface area (Å²) in [4.78, 5) is 6.25. The molecule has 0 radical (unpaired) electrons. The van der Waals surface area contributed by atoms with Gasteiger partial charge in [0.25, 0.3) is 0 Å². The van der Waals surface area contributed by atoms with Crippen LogP contribution in [0.25, 0.3) is 11.1 Å². The van der Waals surface area contributed by atoms with Crippen LogP contribution < -0.4 is 0 Å². The Morgan fingerprint density at radius 1 is 1.08 bits per heavy atom. The third kappa shape index (κ3) is 4.93. The third-order valence-electron chi connectivity index (χ3n) is 4.82. The molecule has 0 heterocycles. The van der Waals surface area contributed by atoms with Crippen molar-refractivity contribution in [2.45, 2.75) is 33.2 Å². The molecular weight excluding hydrogens is 330 g/mol. The molecule has 0 aliphatic carbocycles. The molecular formula is C21H26ClN3. The van der Waals surface area contributed by atoms with Crippen molar-refractivity contribution in [2.75, 3.05) is 7.05 Å². The number of rotatable bonds is 5. The van der Waals surface area contributed by atoms with Crippen molar-refractivity contribution in [3.8, 4) is 11.1 Å². The van der Waals surface area contributed by atoms with Crippen molar-refractivity contribution >= 4 is 22.7 Å². The molecule has 1 N–H and O–H groups in total. The quantitative estimate of drug-likeness (QED) is 0.420. The van der Waals surface area contributed by atoms with Gasteiger partial charge in [-0.05, 0) is 41.6 Å². The van der Waals surface area contributed by atoms with Gasteiger partial charge in [-0.2, -0.15) is 0 Å². The molecule has 0 aromatic heterocycles. The molecule has 0 saturated carbocycles. The molecule has 2 aromatic carbocycles. The summed E-state index contributed by atoms with van der Waals surface area (Å²) in [7, 11) is 1.93. The van der Waals surface area contributed by atoms with Gasteiger partial charge in [-0.25, -0.2) is 4.99 Å². The second kappa shape index (κ2) is 8.82. The Morgan fingerprint density at radius 3 is 2.36 bits per heavy atom. The van der Waals surface area contributed by atoms with Gasteiger partial charge in [-0.15, -0.1) is 0 Å². The van der Waals surface area contributed by atoms with Crippen LogP contribution in [-0.4, -0.2) is 29.1 Å². The molecule has 2 atom stereocenters. The van der Waals surface area contributed by atoms with Crippen molar-refractivity contribution in [3.63, 3.8) is 0 Å². The zero-order valence-electron chi connectivity index (χ0n) is 15.3. The van der Waals surface area contributed by atoms with E-state index < -0.39 is 0 Å². The molecule has 25 heavy (non-hydrogen) atoms. The summed E-state index contributed by atoms with van der Waals surface area (Å²) in [5.74, 6) is 0.676. The van der Waals surface area contributed by atoms with Gasteiger partial charge in [0.15, 0.2) is 5.84 Å². The van der Waals surface area contributed by atoms with Crippen LogP contribution in [0.15, 0.2) is 59.6 Å². The maximum absolute atomic E-state index is 8.31. The first-order valence-corrected chi connectivity index (χ1v) is 9.03. The summed E-state index contributed by atoms with van der Waals surface area (Å²) in [6, 6.07) is 18.2. The van der Waals surface area contributed by atoms with E-state index in [1.165, 1.54) is 0 Å². The maximum Gasteiger partial charge on any atom is 0.200 e. The average Bonchev–Trinajstić information content (AvgIpc) is 2.66. The van der Waals surface area contributed by atoms with E-state index in [-0.39, 0.29) is 11.9 Å². The van der Waals surface area contributed by atoms with Gasteiger partial charge in [0.2, 0.25) is 5.29 Å². The Morgan fingerprint density at radius 2 is 1.72 bits per heavy atom. The minimum absolute atomic E-state index is 0.172. The van der Waals surface area contributed by atoms with Crippen LogP contribution >= 0.6 is 11.6 Å². The van der Waals surface area contributed by atoms with Gasteiger partial charge >= 0.3 is 0 Å². The molecule has 0 fully saturated rings. The van der Waals surface area contributed by atoms with Crippen molar-refractivity contribution < 1.29 is 0 Å². The summed E-state index contributed by atoms with van der Waals surface area (Å²) < 4.78 is 0. The zero-order valence-corrected chi connectivity index (χ0v) is 16.1. The van der Waals surface area contributed by atoms with Crippen molar-refractivity contribution in [1.29, 1.82) is 5.41 Å². The molecule has 0 aliphatic heterocycles. The molecule has 0 bridgehead atoms. The van der Waals surface area contributed by atoms with Gasteiger partial charge < -0.3 is 4.90 Å². The van der Waals surface area contributed by atoms with E-state index in [1.54, 1.807) is 0 Å². The van der Waals surface area contributed by atoms with E-state index in [2.05, 4.69) is 37.9 Å². The summed E-state index contributed by atoms with van der Waals surface area (Å²) in [5.41, 5.74) is 2.94. The Kier molecular flexibility index (Phi) is 6.77. The summed E-state index contributed by atoms with van der Waals surface area (Å²) >= 11 is 6.36. The molecule has 1 unspecified atom stereocenters. The minimum Gasteiger partial charge on any atom is -0.347 e. The van der Waals surface area contributed by atoms with Gasteiger partial charge in [-0.1, -0.05) is 68.8 Å². The van der Waals surface area contributed by atoms with E-state index >= 15 is 0 Å². The van der Waals surface area contributed by atoms with Crippen molar-refractivity contribution in [1.82, 2.24) is 4.90 Å². The summed E-state index contributed by atoms with van der Waals surface area (Å²) in [6.45, 7) is 6.49. The first-order chi connectivity index (χ1) is 11.9. The predicted molar refractivity (Wildman–Crippen MR) is 109 cm³/mol. The van der Waals surface area contributed by atoms with E-state index in [0.29, 0.717) is 11.2 Å². The molecule has 0 aliphatic rings. The van der Waals surface area contributed by atoms with E-state index in [9.17, 15) is 0 Å². The average molecular weight is 356 g/mol. The summed E-state index contributed by atoms with van der Waals surface area (Å²) in [6.07, 6.45) is 1.08. The monoisotopic (exact) mass is 355 g/mol. The van der Waals surface area contributed by atoms with Gasteiger partial charge in [-0.3, -0.25) is 5.41 Å². The number of benzene rings is 2. The number of nitrogens with zero attached hydrogens (tertiary/aromatic N) is 2. The van der Waals surface area contributed by atoms with Crippen molar-refractivity contribution in [3.05, 3.63) is 60.2 Å². The van der Waals surface area contributed by atoms with Crippen LogP contribution in [0.5, 0.6) is 0 Å². The number of nitrogens with one attached hydrogen (secondary N) is 1. The molecule has 2 rings (SSSR count). The Hall–Kier alpha value is -2.13. The highest BCUT2D eigenvalue weighted by Crippen LogP contribution is 2.21. The van der Waals surface area contributed by atoms with Crippen LogP contribution in [0.3, 0.4) is 0 Å². The predicted octanol–water partition coefficient (Wildman–Crippen LogP) is 5.64. The zero-order chi connectivity index (χ0) is 18.4. The number of halogens is 1. The Balaban J connectivity index is 2.20. The standard InChI is InChI=1S/C21H26ClN3/c1-5-15(2)16(3)25(4)21(22)24-20(23)19-13-9-12-18(14-19)17-10-7-6-8-11-17/h6-16,23H,5H2,1-4H3/t15?,16-/m0/s1. The third-order valence-corrected chi connectivity index (χ3v) is 5.17. The lowest BCUT2D eigenvalue weighted by Crippen LogP contribution is -2.37. The second-order valence-corrected chi connectivity index (χ2v) is 6.75. The Bertz CT molecular complexity index is 740. The SMILES string of the molecule is CCC(C)[C@H](C)N(C)C(Cl)=NC(=N)c1cccc(-c2ccccc2)c1. The van der Waals surface area contributed by atoms with E-state index in [0.717, 1.165) is 23.1 Å². The number of hydrogen-bond donors (Lipinski definition) is 1. The highest BCUT2D eigenvalue weighted by atomic mass is 35.5. The van der Waals surface area contributed by atoms with Gasteiger partial charge in [0.1, 0.15) is 0 Å². The fourth-order valence-corrected chi connectivity index (χ4v) is 2.84. The van der Waals surface area contributed by atoms with Gasteiger partial charge in [0, 0.05) is 18.7 Å².